The number of nitrogens with zero attached hydrogens (tertiary/aromatic N) is 1. The van der Waals surface area contributed by atoms with E-state index in [2.05, 4.69) is 26.6 Å². The maximum absolute atomic E-state index is 13.5. The first-order chi connectivity index (χ1) is 30.9. The van der Waals surface area contributed by atoms with Crippen molar-refractivity contribution < 1.29 is 63.2 Å². The van der Waals surface area contributed by atoms with Gasteiger partial charge >= 0.3 is 5.97 Å². The van der Waals surface area contributed by atoms with Gasteiger partial charge in [0, 0.05) is 35.2 Å². The summed E-state index contributed by atoms with van der Waals surface area (Å²) in [6.45, 7) is 3.31. The molecule has 5 aromatic carbocycles. The van der Waals surface area contributed by atoms with Crippen LogP contribution < -0.4 is 47.0 Å². The highest BCUT2D eigenvalue weighted by Crippen LogP contribution is 2.39. The van der Waals surface area contributed by atoms with E-state index in [9.17, 15) is 49.0 Å². The number of primary amides is 1. The molecule has 0 spiro atoms. The highest BCUT2D eigenvalue weighted by Gasteiger charge is 2.34. The minimum atomic E-state index is -1.66. The van der Waals surface area contributed by atoms with Gasteiger partial charge in [-0.05, 0) is 117 Å². The number of nitrogens with two attached hydrogens (primary N) is 1. The van der Waals surface area contributed by atoms with E-state index >= 15 is 0 Å². The van der Waals surface area contributed by atoms with Crippen LogP contribution in [0.4, 0.5) is 28.4 Å². The molecular formula is C44H42N7O14-. The summed E-state index contributed by atoms with van der Waals surface area (Å²) >= 11 is 0. The zero-order valence-corrected chi connectivity index (χ0v) is 34.9. The number of carbonyl (C=O) groups is 7. The summed E-state index contributed by atoms with van der Waals surface area (Å²) in [5, 5.41) is 52.9. The number of methoxy groups -OCH3 is 2. The van der Waals surface area contributed by atoms with Crippen LogP contribution in [0.5, 0.6) is 17.2 Å². The summed E-state index contributed by atoms with van der Waals surface area (Å²) < 4.78 is 16.1. The van der Waals surface area contributed by atoms with Crippen LogP contribution in [0.3, 0.4) is 0 Å². The molecule has 6 amide bonds. The number of aromatic hydroxyl groups is 1. The summed E-state index contributed by atoms with van der Waals surface area (Å²) in [7, 11) is 2.40. The fourth-order valence-electron chi connectivity index (χ4n) is 6.01. The number of carbonyl (C=O) groups excluding carboxylic acids is 6. The molecule has 21 heteroatoms. The molecule has 5 aromatic rings. The highest BCUT2D eigenvalue weighted by atomic mass is 16.8. The van der Waals surface area contributed by atoms with Gasteiger partial charge < -0.3 is 67.2 Å². The Labute approximate surface area is 369 Å². The zero-order chi connectivity index (χ0) is 47.5. The van der Waals surface area contributed by atoms with Crippen LogP contribution in [0, 0.1) is 5.21 Å². The molecule has 338 valence electrons. The van der Waals surface area contributed by atoms with Crippen molar-refractivity contribution >= 4 is 69.8 Å². The van der Waals surface area contributed by atoms with Gasteiger partial charge in [0.25, 0.3) is 23.6 Å². The van der Waals surface area contributed by atoms with Gasteiger partial charge in [-0.1, -0.05) is 0 Å². The highest BCUT2D eigenvalue weighted by molar-refractivity contribution is 6.10. The van der Waals surface area contributed by atoms with Crippen molar-refractivity contribution in [3.8, 4) is 17.2 Å². The van der Waals surface area contributed by atoms with Gasteiger partial charge in [0.2, 0.25) is 11.8 Å². The Morgan fingerprint density at radius 3 is 1.69 bits per heavy atom. The van der Waals surface area contributed by atoms with E-state index < -0.39 is 65.4 Å². The van der Waals surface area contributed by atoms with Crippen molar-refractivity contribution in [2.24, 2.45) is 5.73 Å². The average Bonchev–Trinajstić information content (AvgIpc) is 3.27. The Balaban J connectivity index is 1.26. The van der Waals surface area contributed by atoms with E-state index in [1.165, 1.54) is 110 Å². The van der Waals surface area contributed by atoms with E-state index in [0.717, 1.165) is 7.11 Å². The van der Waals surface area contributed by atoms with Crippen molar-refractivity contribution in [1.29, 1.82) is 0 Å². The first kappa shape index (κ1) is 47.5. The maximum atomic E-state index is 13.5. The van der Waals surface area contributed by atoms with Crippen molar-refractivity contribution in [2.45, 2.75) is 32.1 Å². The number of hydrogen-bond acceptors (Lipinski definition) is 14. The Morgan fingerprint density at radius 1 is 0.662 bits per heavy atom. The quantitative estimate of drug-likeness (QED) is 0.0544. The van der Waals surface area contributed by atoms with Crippen molar-refractivity contribution in [1.82, 2.24) is 5.32 Å². The second-order valence-corrected chi connectivity index (χ2v) is 14.1. The van der Waals surface area contributed by atoms with E-state index in [0.29, 0.717) is 0 Å². The van der Waals surface area contributed by atoms with Gasteiger partial charge in [-0.15, -0.1) is 0 Å². The lowest BCUT2D eigenvalue weighted by atomic mass is 10.1. The average molecular weight is 893 g/mol. The second-order valence-electron chi connectivity index (χ2n) is 14.1. The van der Waals surface area contributed by atoms with Gasteiger partial charge in [0.1, 0.15) is 11.8 Å². The molecular weight excluding hydrogens is 851 g/mol. The lowest BCUT2D eigenvalue weighted by Crippen LogP contribution is -2.56. The van der Waals surface area contributed by atoms with Crippen LogP contribution in [-0.2, 0) is 14.3 Å². The van der Waals surface area contributed by atoms with E-state index in [1.54, 1.807) is 13.8 Å². The summed E-state index contributed by atoms with van der Waals surface area (Å²) in [5.74, 6) is -6.82. The molecule has 5 rings (SSSR count). The predicted molar refractivity (Wildman–Crippen MR) is 235 cm³/mol. The number of rotatable bonds is 18. The number of hydrogen-bond donors (Lipinski definition) is 9. The summed E-state index contributed by atoms with van der Waals surface area (Å²) in [6.07, 6.45) is -2.15. The number of carboxylic acids is 1. The maximum Gasteiger partial charge on any atom is 0.335 e. The normalized spacial score (nSPS) is 11.6. The van der Waals surface area contributed by atoms with E-state index in [4.69, 9.17) is 25.2 Å². The van der Waals surface area contributed by atoms with Gasteiger partial charge in [-0.25, -0.2) is 4.79 Å². The Bertz CT molecular complexity index is 2600. The molecule has 0 bridgehead atoms. The molecule has 0 aliphatic carbocycles. The van der Waals surface area contributed by atoms with E-state index in [-0.39, 0.29) is 73.0 Å². The molecule has 21 nitrogen and oxygen atoms in total. The number of carboxylic acid groups (broad SMARTS) is 1. The first-order valence-corrected chi connectivity index (χ1v) is 19.2. The lowest BCUT2D eigenvalue weighted by Gasteiger charge is -2.24. The second kappa shape index (κ2) is 21.0. The Morgan fingerprint density at radius 2 is 1.17 bits per heavy atom. The van der Waals surface area contributed by atoms with Crippen molar-refractivity contribution in [2.75, 3.05) is 40.7 Å². The SMILES string of the molecule is COc1cc(C(=O)O)ccc1NC(=O)c1ccc(NC(=O)c2ccc(NC(=O)[C@@H](NC(=O)c3ccc(NC(=O)c4ccc(N([O-])O)cc4)cc3)[C@@H](OC)C(N)=O)cc2)c(OC(C)C)c1O. The van der Waals surface area contributed by atoms with Crippen LogP contribution in [0.2, 0.25) is 0 Å². The zero-order valence-electron chi connectivity index (χ0n) is 34.9. The number of amides is 6. The topological polar surface area (TPSA) is 320 Å². The van der Waals surface area contributed by atoms with Crippen LogP contribution in [0.15, 0.2) is 103 Å². The Kier molecular flexibility index (Phi) is 15.4. The minimum absolute atomic E-state index is 0.00215. The molecule has 0 aliphatic rings. The largest absolute Gasteiger partial charge is 0.733 e. The molecule has 0 saturated heterocycles. The van der Waals surface area contributed by atoms with Crippen LogP contribution in [-0.4, -0.2) is 89.3 Å². The van der Waals surface area contributed by atoms with Gasteiger partial charge in [-0.3, -0.25) is 34.0 Å². The molecule has 10 N–H and O–H groups in total. The van der Waals surface area contributed by atoms with Gasteiger partial charge in [0.05, 0.1) is 41.4 Å². The molecule has 65 heavy (non-hydrogen) atoms. The fourth-order valence-corrected chi connectivity index (χ4v) is 6.01. The monoisotopic (exact) mass is 892 g/mol. The lowest BCUT2D eigenvalue weighted by molar-refractivity contribution is -0.134. The summed E-state index contributed by atoms with van der Waals surface area (Å²) in [6, 6.07) is 20.8. The fraction of sp³-hybridized carbons (Fsp3) is 0.159. The third-order valence-electron chi connectivity index (χ3n) is 9.25. The van der Waals surface area contributed by atoms with Crippen molar-refractivity contribution in [3.05, 3.63) is 136 Å². The number of phenolic OH excluding ortho intramolecular Hbond substituents is 1. The third-order valence-corrected chi connectivity index (χ3v) is 9.25. The number of nitrogens with one attached hydrogen (secondary N) is 5. The number of ether oxygens (including phenoxy) is 3. The van der Waals surface area contributed by atoms with Gasteiger partial charge in [-0.2, -0.15) is 0 Å². The molecule has 0 heterocycles. The number of benzene rings is 5. The molecule has 0 radical (unpaired) electrons. The van der Waals surface area contributed by atoms with Crippen LogP contribution in [0.1, 0.15) is 65.6 Å². The molecule has 0 unspecified atom stereocenters. The smallest absolute Gasteiger partial charge is 0.335 e. The Hall–Kier alpha value is -8.53. The van der Waals surface area contributed by atoms with Gasteiger partial charge in [0.15, 0.2) is 17.6 Å². The molecule has 0 aromatic heterocycles. The van der Waals surface area contributed by atoms with Crippen LogP contribution in [0.25, 0.3) is 0 Å². The molecule has 2 atom stereocenters. The minimum Gasteiger partial charge on any atom is -0.733 e. The standard InChI is InChI=1S/C44H42N7O14/c1-22(2)65-36-32(20-18-30(35(36)52)42(57)48-31-19-11-26(44(59)60)21-33(31)63-3)49-40(55)23-5-14-28(15-6-23)47-43(58)34(37(64-4)38(45)53)50-41(56)24-7-12-27(13-8-24)46-39(54)25-9-16-29(17-10-25)51(61)62/h5-22,34,37,52,61H,1-4H3,(H2,45,53)(H,46,54)(H,47,58)(H,48,57)(H,49,55)(H,50,56)(H,59,60)/q-1/t34-,37+/m0/s1. The number of phenols is 1. The third kappa shape index (κ3) is 11.9. The van der Waals surface area contributed by atoms with Crippen molar-refractivity contribution in [3.63, 3.8) is 0 Å². The van der Waals surface area contributed by atoms with E-state index in [1.807, 2.05) is 0 Å². The first-order valence-electron chi connectivity index (χ1n) is 19.2. The molecule has 0 fully saturated rings. The number of anilines is 5. The summed E-state index contributed by atoms with van der Waals surface area (Å²) in [4.78, 5) is 89.9. The van der Waals surface area contributed by atoms with Crippen LogP contribution >= 0.6 is 0 Å². The predicted octanol–water partition coefficient (Wildman–Crippen LogP) is 4.57. The number of aromatic carboxylic acids is 1. The summed E-state index contributed by atoms with van der Waals surface area (Å²) in [5.41, 5.74) is 5.90. The molecule has 0 aliphatic heterocycles. The molecule has 0 saturated carbocycles.